The first-order valence-corrected chi connectivity index (χ1v) is 18.3. The maximum absolute atomic E-state index is 5.22. The fourth-order valence-corrected chi connectivity index (χ4v) is 7.52. The average Bonchev–Trinajstić information content (AvgIpc) is 3.26. The van der Waals surface area contributed by atoms with Gasteiger partial charge in [0.2, 0.25) is 0 Å². The van der Waals surface area contributed by atoms with Gasteiger partial charge in [0, 0.05) is 38.4 Å². The van der Waals surface area contributed by atoms with Gasteiger partial charge in [-0.1, -0.05) is 188 Å². The number of nitrogens with zero attached hydrogens (tertiary/aromatic N) is 3. The van der Waals surface area contributed by atoms with E-state index in [1.807, 2.05) is 12.1 Å². The second-order valence-electron chi connectivity index (χ2n) is 13.6. The standard InChI is InChI=1S/C51H33N3/c1-3-11-34(12-4-1)36-19-23-39(24-20-36)47-33-48(54-51(53-47)42-29-21-37(22-30-42)35-13-5-2-6-14-35)40-25-27-41(28-26-40)50-45-32-31-38-15-7-8-16-43(38)49(45)44-17-9-10-18-46(44)52-50/h1-33H. The van der Waals surface area contributed by atoms with Crippen LogP contribution in [0.1, 0.15) is 0 Å². The molecule has 0 saturated carbocycles. The van der Waals surface area contributed by atoms with E-state index in [1.165, 1.54) is 38.2 Å². The monoisotopic (exact) mass is 687 g/mol. The zero-order chi connectivity index (χ0) is 35.8. The van der Waals surface area contributed by atoms with Crippen LogP contribution in [0.3, 0.4) is 0 Å². The quantitative estimate of drug-likeness (QED) is 0.163. The summed E-state index contributed by atoms with van der Waals surface area (Å²) in [5.41, 5.74) is 12.5. The fraction of sp³-hybridized carbons (Fsp3) is 0. The number of hydrogen-bond acceptors (Lipinski definition) is 3. The lowest BCUT2D eigenvalue weighted by Gasteiger charge is -2.13. The van der Waals surface area contributed by atoms with Gasteiger partial charge in [-0.05, 0) is 45.2 Å². The molecule has 10 aromatic rings. The highest BCUT2D eigenvalue weighted by Gasteiger charge is 2.15. The lowest BCUT2D eigenvalue weighted by Crippen LogP contribution is -1.96. The molecule has 54 heavy (non-hydrogen) atoms. The lowest BCUT2D eigenvalue weighted by atomic mass is 9.95. The van der Waals surface area contributed by atoms with Crippen molar-refractivity contribution in [3.8, 4) is 67.4 Å². The average molecular weight is 688 g/mol. The zero-order valence-electron chi connectivity index (χ0n) is 29.4. The first kappa shape index (κ1) is 31.5. The van der Waals surface area contributed by atoms with Gasteiger partial charge in [0.05, 0.1) is 22.6 Å². The van der Waals surface area contributed by atoms with Crippen LogP contribution in [0.2, 0.25) is 0 Å². The van der Waals surface area contributed by atoms with Crippen molar-refractivity contribution in [2.75, 3.05) is 0 Å². The van der Waals surface area contributed by atoms with Gasteiger partial charge in [-0.2, -0.15) is 0 Å². The molecule has 2 aromatic heterocycles. The van der Waals surface area contributed by atoms with Crippen LogP contribution in [-0.2, 0) is 0 Å². The molecule has 0 unspecified atom stereocenters. The van der Waals surface area contributed by atoms with Crippen molar-refractivity contribution in [3.63, 3.8) is 0 Å². The number of para-hydroxylation sites is 1. The van der Waals surface area contributed by atoms with Crippen LogP contribution >= 0.6 is 0 Å². The molecule has 0 saturated heterocycles. The van der Waals surface area contributed by atoms with Crippen LogP contribution < -0.4 is 0 Å². The van der Waals surface area contributed by atoms with Crippen molar-refractivity contribution in [1.29, 1.82) is 0 Å². The third-order valence-electron chi connectivity index (χ3n) is 10.3. The lowest BCUT2D eigenvalue weighted by molar-refractivity contribution is 1.18. The number of benzene rings is 8. The first-order chi connectivity index (χ1) is 26.7. The molecule has 0 amide bonds. The molecule has 0 aliphatic heterocycles. The summed E-state index contributed by atoms with van der Waals surface area (Å²) in [6, 6.07) is 70.3. The van der Waals surface area contributed by atoms with E-state index >= 15 is 0 Å². The highest BCUT2D eigenvalue weighted by Crippen LogP contribution is 2.38. The molecule has 0 radical (unpaired) electrons. The molecule has 2 heterocycles. The molecule has 252 valence electrons. The number of rotatable bonds is 6. The van der Waals surface area contributed by atoms with Crippen LogP contribution in [0.5, 0.6) is 0 Å². The Morgan fingerprint density at radius 3 is 1.35 bits per heavy atom. The molecule has 0 N–H and O–H groups in total. The SMILES string of the molecule is c1ccc(-c2ccc(-c3cc(-c4ccc(-c5nc6ccccc6c6c5ccc5ccccc56)cc4)nc(-c4ccc(-c5ccccc5)cc4)n3)cc2)cc1. The highest BCUT2D eigenvalue weighted by atomic mass is 14.9. The van der Waals surface area contributed by atoms with Crippen LogP contribution in [-0.4, -0.2) is 15.0 Å². The largest absolute Gasteiger partial charge is 0.247 e. The van der Waals surface area contributed by atoms with Gasteiger partial charge in [0.1, 0.15) is 0 Å². The number of pyridine rings is 1. The summed E-state index contributed by atoms with van der Waals surface area (Å²) in [6.07, 6.45) is 0. The van der Waals surface area contributed by atoms with E-state index in [4.69, 9.17) is 15.0 Å². The van der Waals surface area contributed by atoms with E-state index in [0.29, 0.717) is 5.82 Å². The van der Waals surface area contributed by atoms with E-state index in [2.05, 4.69) is 188 Å². The van der Waals surface area contributed by atoms with Gasteiger partial charge < -0.3 is 0 Å². The fourth-order valence-electron chi connectivity index (χ4n) is 7.52. The van der Waals surface area contributed by atoms with E-state index in [-0.39, 0.29) is 0 Å². The molecule has 0 fully saturated rings. The predicted molar refractivity (Wildman–Crippen MR) is 225 cm³/mol. The molecule has 0 aliphatic rings. The third kappa shape index (κ3) is 5.78. The third-order valence-corrected chi connectivity index (χ3v) is 10.3. The molecule has 3 heteroatoms. The maximum atomic E-state index is 5.22. The van der Waals surface area contributed by atoms with Crippen LogP contribution in [0, 0.1) is 0 Å². The summed E-state index contributed by atoms with van der Waals surface area (Å²) in [7, 11) is 0. The van der Waals surface area contributed by atoms with Gasteiger partial charge in [0.25, 0.3) is 0 Å². The summed E-state index contributed by atoms with van der Waals surface area (Å²) in [6.45, 7) is 0. The molecule has 8 aromatic carbocycles. The number of hydrogen-bond donors (Lipinski definition) is 0. The Kier molecular flexibility index (Phi) is 7.81. The minimum absolute atomic E-state index is 0.687. The number of aromatic nitrogens is 3. The Labute approximate surface area is 313 Å². The molecule has 3 nitrogen and oxygen atoms in total. The highest BCUT2D eigenvalue weighted by molar-refractivity contribution is 6.22. The van der Waals surface area contributed by atoms with E-state index in [1.54, 1.807) is 0 Å². The second kappa shape index (κ2) is 13.4. The smallest absolute Gasteiger partial charge is 0.160 e. The van der Waals surface area contributed by atoms with Crippen molar-refractivity contribution >= 4 is 32.4 Å². The van der Waals surface area contributed by atoms with E-state index in [9.17, 15) is 0 Å². The van der Waals surface area contributed by atoms with Gasteiger partial charge in [-0.15, -0.1) is 0 Å². The normalized spacial score (nSPS) is 11.3. The molecule has 0 spiro atoms. The summed E-state index contributed by atoms with van der Waals surface area (Å²) < 4.78 is 0. The van der Waals surface area contributed by atoms with Crippen LogP contribution in [0.4, 0.5) is 0 Å². The molecular weight excluding hydrogens is 655 g/mol. The first-order valence-electron chi connectivity index (χ1n) is 18.3. The van der Waals surface area contributed by atoms with Crippen molar-refractivity contribution in [3.05, 3.63) is 200 Å². The van der Waals surface area contributed by atoms with Gasteiger partial charge in [-0.25, -0.2) is 15.0 Å². The summed E-state index contributed by atoms with van der Waals surface area (Å²) >= 11 is 0. The van der Waals surface area contributed by atoms with Crippen molar-refractivity contribution in [2.45, 2.75) is 0 Å². The Balaban J connectivity index is 1.08. The molecule has 10 rings (SSSR count). The maximum Gasteiger partial charge on any atom is 0.160 e. The minimum atomic E-state index is 0.687. The van der Waals surface area contributed by atoms with E-state index in [0.717, 1.165) is 55.8 Å². The Hall–Kier alpha value is -7.23. The molecule has 0 atom stereocenters. The summed E-state index contributed by atoms with van der Waals surface area (Å²) in [5, 5.41) is 6.01. The van der Waals surface area contributed by atoms with Gasteiger partial charge >= 0.3 is 0 Å². The molecular formula is C51H33N3. The molecule has 0 bridgehead atoms. The number of fused-ring (bicyclic) bond motifs is 5. The molecule has 0 aliphatic carbocycles. The van der Waals surface area contributed by atoms with Gasteiger partial charge in [-0.3, -0.25) is 0 Å². The minimum Gasteiger partial charge on any atom is -0.247 e. The van der Waals surface area contributed by atoms with Crippen molar-refractivity contribution < 1.29 is 0 Å². The second-order valence-corrected chi connectivity index (χ2v) is 13.6. The topological polar surface area (TPSA) is 38.7 Å². The van der Waals surface area contributed by atoms with Crippen LogP contribution in [0.25, 0.3) is 99.9 Å². The van der Waals surface area contributed by atoms with Crippen LogP contribution in [0.15, 0.2) is 200 Å². The Morgan fingerprint density at radius 2 is 0.741 bits per heavy atom. The van der Waals surface area contributed by atoms with Crippen molar-refractivity contribution in [2.24, 2.45) is 0 Å². The van der Waals surface area contributed by atoms with E-state index < -0.39 is 0 Å². The van der Waals surface area contributed by atoms with Gasteiger partial charge in [0.15, 0.2) is 5.82 Å². The predicted octanol–water partition coefficient (Wildman–Crippen LogP) is 13.3. The Bertz CT molecular complexity index is 2820. The Morgan fingerprint density at radius 1 is 0.278 bits per heavy atom. The summed E-state index contributed by atoms with van der Waals surface area (Å²) in [5.74, 6) is 0.687. The summed E-state index contributed by atoms with van der Waals surface area (Å²) in [4.78, 5) is 15.5. The van der Waals surface area contributed by atoms with Crippen molar-refractivity contribution in [1.82, 2.24) is 15.0 Å². The zero-order valence-corrected chi connectivity index (χ0v) is 29.4.